The molecule has 4 amide bonds. The van der Waals surface area contributed by atoms with Crippen LogP contribution in [0.15, 0.2) is 93.0 Å². The van der Waals surface area contributed by atoms with E-state index in [1.54, 1.807) is 16.2 Å². The van der Waals surface area contributed by atoms with E-state index in [1.807, 2.05) is 94.7 Å². The number of primary sulfonamides is 1. The number of thiazole rings is 1. The number of rotatable bonds is 22. The Morgan fingerprint density at radius 2 is 1.58 bits per heavy atom. The Morgan fingerprint density at radius 1 is 0.892 bits per heavy atom. The number of carbonyl (C=O) groups is 4. The summed E-state index contributed by atoms with van der Waals surface area (Å²) in [5.74, 6) is -0.880. The van der Waals surface area contributed by atoms with Gasteiger partial charge in [0.25, 0.3) is 9.84 Å². The normalized spacial score (nSPS) is 17.3. The van der Waals surface area contributed by atoms with Crippen molar-refractivity contribution in [3.8, 4) is 10.4 Å². The fraction of sp³-hybridized carbons (Fsp3) is 0.510. The highest BCUT2D eigenvalue weighted by Gasteiger charge is 2.48. The number of likely N-dealkylation sites (tertiary alicyclic amines) is 2. The average molecular weight is 1110 g/mol. The summed E-state index contributed by atoms with van der Waals surface area (Å²) in [5, 5.41) is 17.1. The molecule has 6 N–H and O–H groups in total. The third-order valence-corrected chi connectivity index (χ3v) is 17.9. The van der Waals surface area contributed by atoms with Crippen LogP contribution >= 0.6 is 23.1 Å². The molecular weight excluding hydrogens is 1040 g/mol. The van der Waals surface area contributed by atoms with Crippen LogP contribution in [0.5, 0.6) is 0 Å². The molecule has 1 aromatic heterocycles. The second-order valence-electron chi connectivity index (χ2n) is 19.9. The molecular formula is C51H67F3N8O8S4. The Hall–Kier alpha value is -5.07. The Bertz CT molecular complexity index is 2800. The van der Waals surface area contributed by atoms with Crippen LogP contribution in [-0.4, -0.2) is 117 Å². The summed E-state index contributed by atoms with van der Waals surface area (Å²) in [4.78, 5) is 62.3. The van der Waals surface area contributed by atoms with Crippen molar-refractivity contribution < 1.29 is 49.2 Å². The van der Waals surface area contributed by atoms with Crippen LogP contribution < -0.4 is 26.4 Å². The number of sulfonamides is 1. The molecule has 4 atom stereocenters. The number of hydrogen-bond donors (Lipinski definition) is 5. The van der Waals surface area contributed by atoms with Crippen molar-refractivity contribution in [2.45, 2.75) is 130 Å². The average Bonchev–Trinajstić information content (AvgIpc) is 4.03. The standard InChI is InChI=1S/C51H67F3N8O8S4/c1-33(35-16-18-36(19-17-35)45-34(2)57-32-72-45)58-48(65)42-14-11-26-62(42)49(66)46(50(3,4)5)60-44(63)15-9-10-25-56-47(64)37-22-27-61(28-23-37)29-24-38(31-71-39-12-7-6-8-13-39)59-41-21-20-40(74(55,69)70)30-43(41)73(67,68)51(52,53)54/h6-8,12-13,16-21,30,32-33,37-38,42,46,59H,9-11,14-15,22-29,31H2,1-5H3,(H,56,64)(H,58,65)(H,60,63)(H2,55,69,70)/t33-,38+,42-,46+/m0/s1. The SMILES string of the molecule is Cc1ncsc1-c1ccc([C@H](C)NC(=O)[C@@H]2CCCN2C(=O)[C@@H](NC(=O)CCCCNC(=O)C2CCN(CC[C@H](CSc3ccccc3)Nc3ccc(S(N)(=O)=O)cc3S(=O)(=O)C(F)(F)F)CC2)C(C)(C)C)cc1. The van der Waals surface area contributed by atoms with E-state index in [1.165, 1.54) is 11.8 Å². The van der Waals surface area contributed by atoms with Gasteiger partial charge in [0.05, 0.1) is 32.7 Å². The Balaban J connectivity index is 0.943. The molecule has 0 bridgehead atoms. The van der Waals surface area contributed by atoms with Crippen LogP contribution in [0.2, 0.25) is 0 Å². The van der Waals surface area contributed by atoms with E-state index < -0.39 is 64.4 Å². The van der Waals surface area contributed by atoms with Crippen molar-refractivity contribution in [1.29, 1.82) is 0 Å². The molecule has 6 rings (SSSR count). The smallest absolute Gasteiger partial charge is 0.380 e. The zero-order valence-electron chi connectivity index (χ0n) is 42.2. The monoisotopic (exact) mass is 1100 g/mol. The molecule has 404 valence electrons. The maximum Gasteiger partial charge on any atom is 0.501 e. The summed E-state index contributed by atoms with van der Waals surface area (Å²) >= 11 is 2.99. The number of aromatic nitrogens is 1. The van der Waals surface area contributed by atoms with Gasteiger partial charge in [-0.3, -0.25) is 19.2 Å². The van der Waals surface area contributed by atoms with E-state index in [4.69, 9.17) is 5.14 Å². The van der Waals surface area contributed by atoms with E-state index in [9.17, 15) is 49.2 Å². The van der Waals surface area contributed by atoms with Crippen LogP contribution in [0.4, 0.5) is 18.9 Å². The molecule has 4 aromatic rings. The van der Waals surface area contributed by atoms with Gasteiger partial charge in [-0.25, -0.2) is 27.0 Å². The maximum absolute atomic E-state index is 14.1. The molecule has 74 heavy (non-hydrogen) atoms. The molecule has 0 saturated carbocycles. The summed E-state index contributed by atoms with van der Waals surface area (Å²) < 4.78 is 90.8. The summed E-state index contributed by atoms with van der Waals surface area (Å²) in [6.45, 7) is 11.9. The molecule has 16 nitrogen and oxygen atoms in total. The van der Waals surface area contributed by atoms with Crippen LogP contribution in [0.1, 0.15) is 96.4 Å². The first kappa shape index (κ1) is 58.2. The van der Waals surface area contributed by atoms with E-state index in [0.29, 0.717) is 89.5 Å². The van der Waals surface area contributed by atoms with Gasteiger partial charge in [-0.2, -0.15) is 13.2 Å². The zero-order chi connectivity index (χ0) is 54.0. The summed E-state index contributed by atoms with van der Waals surface area (Å²) in [6, 6.07) is 17.2. The highest BCUT2D eigenvalue weighted by Crippen LogP contribution is 2.37. The van der Waals surface area contributed by atoms with E-state index in [-0.39, 0.29) is 42.0 Å². The van der Waals surface area contributed by atoms with E-state index >= 15 is 0 Å². The highest BCUT2D eigenvalue weighted by molar-refractivity contribution is 7.99. The lowest BCUT2D eigenvalue weighted by molar-refractivity contribution is -0.144. The van der Waals surface area contributed by atoms with Crippen molar-refractivity contribution in [2.24, 2.45) is 16.5 Å². The van der Waals surface area contributed by atoms with Gasteiger partial charge in [0.15, 0.2) is 0 Å². The van der Waals surface area contributed by atoms with Gasteiger partial charge in [-0.1, -0.05) is 63.2 Å². The molecule has 2 fully saturated rings. The maximum atomic E-state index is 14.1. The van der Waals surface area contributed by atoms with Gasteiger partial charge < -0.3 is 31.1 Å². The number of alkyl halides is 3. The third-order valence-electron chi connectivity index (χ3n) is 13.3. The predicted molar refractivity (Wildman–Crippen MR) is 281 cm³/mol. The Morgan fingerprint density at radius 3 is 2.20 bits per heavy atom. The van der Waals surface area contributed by atoms with Gasteiger partial charge in [0.2, 0.25) is 33.7 Å². The number of benzene rings is 3. The van der Waals surface area contributed by atoms with Crippen LogP contribution in [0.25, 0.3) is 10.4 Å². The fourth-order valence-electron chi connectivity index (χ4n) is 9.05. The molecule has 0 radical (unpaired) electrons. The first-order valence-electron chi connectivity index (χ1n) is 24.7. The van der Waals surface area contributed by atoms with Crippen molar-refractivity contribution in [3.05, 3.63) is 89.6 Å². The summed E-state index contributed by atoms with van der Waals surface area (Å²) in [6.07, 6.45) is 3.78. The number of amides is 4. The molecule has 0 spiro atoms. The highest BCUT2D eigenvalue weighted by atomic mass is 32.2. The Labute approximate surface area is 440 Å². The van der Waals surface area contributed by atoms with Crippen molar-refractivity contribution in [1.82, 2.24) is 30.7 Å². The van der Waals surface area contributed by atoms with Crippen molar-refractivity contribution >= 4 is 72.3 Å². The first-order chi connectivity index (χ1) is 34.8. The number of unbranched alkanes of at least 4 members (excludes halogenated alkanes) is 1. The summed E-state index contributed by atoms with van der Waals surface area (Å²) in [5.41, 5.74) is -2.00. The second kappa shape index (κ2) is 25.2. The molecule has 3 heterocycles. The number of thioether (sulfide) groups is 1. The predicted octanol–water partition coefficient (Wildman–Crippen LogP) is 7.42. The first-order valence-corrected chi connectivity index (χ1v) is 29.6. The van der Waals surface area contributed by atoms with Crippen LogP contribution in [-0.2, 0) is 39.0 Å². The minimum Gasteiger partial charge on any atom is -0.380 e. The third kappa shape index (κ3) is 15.5. The number of nitrogens with two attached hydrogens (primary N) is 1. The Kier molecular flexibility index (Phi) is 19.8. The molecule has 0 unspecified atom stereocenters. The quantitative estimate of drug-likeness (QED) is 0.0383. The lowest BCUT2D eigenvalue weighted by Crippen LogP contribution is -2.57. The molecule has 2 aliphatic heterocycles. The molecule has 23 heteroatoms. The number of halogens is 3. The minimum absolute atomic E-state index is 0.105. The van der Waals surface area contributed by atoms with Crippen LogP contribution in [0.3, 0.4) is 0 Å². The van der Waals surface area contributed by atoms with Crippen molar-refractivity contribution in [3.63, 3.8) is 0 Å². The van der Waals surface area contributed by atoms with E-state index in [0.717, 1.165) is 38.7 Å². The molecule has 2 aliphatic rings. The summed E-state index contributed by atoms with van der Waals surface area (Å²) in [7, 11) is -10.5. The largest absolute Gasteiger partial charge is 0.501 e. The van der Waals surface area contributed by atoms with Gasteiger partial charge in [0.1, 0.15) is 17.0 Å². The number of hydrogen-bond acceptors (Lipinski definition) is 13. The number of carbonyl (C=O) groups excluding carboxylic acids is 4. The topological polar surface area (TPSA) is 230 Å². The van der Waals surface area contributed by atoms with E-state index in [2.05, 4.69) is 31.2 Å². The van der Waals surface area contributed by atoms with Gasteiger partial charge in [-0.05, 0) is 119 Å². The second-order valence-corrected chi connectivity index (χ2v) is 25.4. The van der Waals surface area contributed by atoms with Crippen molar-refractivity contribution in [2.75, 3.05) is 43.8 Å². The number of piperidine rings is 1. The lowest BCUT2D eigenvalue weighted by Gasteiger charge is -2.35. The molecule has 0 aliphatic carbocycles. The number of sulfone groups is 1. The van der Waals surface area contributed by atoms with Crippen LogP contribution in [0, 0.1) is 18.3 Å². The number of anilines is 1. The molecule has 2 saturated heterocycles. The number of nitrogens with zero attached hydrogens (tertiary/aromatic N) is 3. The van der Waals surface area contributed by atoms with Gasteiger partial charge in [-0.15, -0.1) is 23.1 Å². The lowest BCUT2D eigenvalue weighted by atomic mass is 9.85. The number of nitrogens with one attached hydrogen (secondary N) is 4. The minimum atomic E-state index is -5.98. The molecule has 3 aromatic carbocycles. The fourth-order valence-corrected chi connectivity index (χ4v) is 12.4. The number of aryl methyl sites for hydroxylation is 1. The zero-order valence-corrected chi connectivity index (χ0v) is 45.5. The van der Waals surface area contributed by atoms with Gasteiger partial charge in [0, 0.05) is 48.7 Å². The van der Waals surface area contributed by atoms with Gasteiger partial charge >= 0.3 is 5.51 Å².